The fourth-order valence-corrected chi connectivity index (χ4v) is 3.17. The van der Waals surface area contributed by atoms with Gasteiger partial charge in [-0.2, -0.15) is 0 Å². The lowest BCUT2D eigenvalue weighted by atomic mass is 9.98. The molecule has 0 bridgehead atoms. The second-order valence-corrected chi connectivity index (χ2v) is 6.10. The van der Waals surface area contributed by atoms with Gasteiger partial charge in [0.2, 0.25) is 0 Å². The molecule has 0 amide bonds. The second kappa shape index (κ2) is 5.46. The molecule has 0 heterocycles. The average Bonchev–Trinajstić information content (AvgIpc) is 2.41. The van der Waals surface area contributed by atoms with Crippen molar-refractivity contribution in [2.45, 2.75) is 0 Å². The first-order valence-corrected chi connectivity index (χ1v) is 7.40. The summed E-state index contributed by atoms with van der Waals surface area (Å²) in [5, 5.41) is 4.37. The lowest BCUT2D eigenvalue weighted by molar-refractivity contribution is 1.65. The van der Waals surface area contributed by atoms with Crippen molar-refractivity contribution in [3.63, 3.8) is 0 Å². The van der Waals surface area contributed by atoms with Crippen molar-refractivity contribution in [3.8, 4) is 11.1 Å². The molecule has 0 aliphatic heterocycles. The smallest absolute Gasteiger partial charge is 0.0505 e. The minimum atomic E-state index is 0.588. The molecule has 0 nitrogen and oxygen atoms in total. The predicted octanol–water partition coefficient (Wildman–Crippen LogP) is 7.12. The molecule has 0 unspecified atom stereocenters. The van der Waals surface area contributed by atoms with Crippen LogP contribution >= 0.6 is 46.4 Å². The fourth-order valence-electron chi connectivity index (χ4n) is 2.23. The highest BCUT2D eigenvalue weighted by molar-refractivity contribution is 6.41. The van der Waals surface area contributed by atoms with Crippen LogP contribution in [0.15, 0.2) is 48.5 Å². The Hall–Kier alpha value is -0.920. The molecule has 0 radical (unpaired) electrons. The van der Waals surface area contributed by atoms with Gasteiger partial charge in [-0.15, -0.1) is 0 Å². The summed E-state index contributed by atoms with van der Waals surface area (Å²) in [5.74, 6) is 0. The SMILES string of the molecule is Clc1ccc(-c2c(Cl)cc(Cl)c3cc(Cl)ccc23)cc1. The molecule has 0 fully saturated rings. The van der Waals surface area contributed by atoms with Gasteiger partial charge >= 0.3 is 0 Å². The van der Waals surface area contributed by atoms with Gasteiger partial charge in [-0.05, 0) is 41.3 Å². The molecule has 20 heavy (non-hydrogen) atoms. The number of fused-ring (bicyclic) bond motifs is 1. The Morgan fingerprint density at radius 1 is 0.550 bits per heavy atom. The minimum Gasteiger partial charge on any atom is -0.0843 e. The zero-order chi connectivity index (χ0) is 14.3. The third kappa shape index (κ3) is 2.49. The van der Waals surface area contributed by atoms with Crippen LogP contribution in [-0.4, -0.2) is 0 Å². The molecule has 3 aromatic rings. The molecule has 0 saturated carbocycles. The van der Waals surface area contributed by atoms with Gasteiger partial charge in [0.1, 0.15) is 0 Å². The van der Waals surface area contributed by atoms with Crippen LogP contribution in [0.25, 0.3) is 21.9 Å². The third-order valence-electron chi connectivity index (χ3n) is 3.13. The molecule has 3 rings (SSSR count). The molecular weight excluding hydrogens is 334 g/mol. The average molecular weight is 342 g/mol. The summed E-state index contributed by atoms with van der Waals surface area (Å²) in [6.45, 7) is 0. The van der Waals surface area contributed by atoms with Crippen molar-refractivity contribution >= 4 is 57.2 Å². The summed E-state index contributed by atoms with van der Waals surface area (Å²) in [6, 6.07) is 14.9. The topological polar surface area (TPSA) is 0 Å². The second-order valence-electron chi connectivity index (χ2n) is 4.41. The van der Waals surface area contributed by atoms with Gasteiger partial charge in [0.05, 0.1) is 5.02 Å². The van der Waals surface area contributed by atoms with E-state index in [9.17, 15) is 0 Å². The van der Waals surface area contributed by atoms with Crippen LogP contribution in [0, 0.1) is 0 Å². The van der Waals surface area contributed by atoms with Crippen LogP contribution in [0.5, 0.6) is 0 Å². The number of hydrogen-bond acceptors (Lipinski definition) is 0. The Labute approximate surface area is 136 Å². The quantitative estimate of drug-likeness (QED) is 0.442. The van der Waals surface area contributed by atoms with Gasteiger partial charge in [-0.1, -0.05) is 64.6 Å². The molecule has 0 aromatic heterocycles. The zero-order valence-corrected chi connectivity index (χ0v) is 13.2. The standard InChI is InChI=1S/C16H8Cl4/c17-10-3-1-9(2-4-10)16-12-6-5-11(18)7-13(12)14(19)8-15(16)20/h1-8H. The van der Waals surface area contributed by atoms with E-state index in [-0.39, 0.29) is 0 Å². The molecule has 0 saturated heterocycles. The van der Waals surface area contributed by atoms with E-state index in [1.165, 1.54) is 0 Å². The molecule has 0 N–H and O–H groups in total. The highest BCUT2D eigenvalue weighted by atomic mass is 35.5. The summed E-state index contributed by atoms with van der Waals surface area (Å²) in [4.78, 5) is 0. The van der Waals surface area contributed by atoms with E-state index >= 15 is 0 Å². The van der Waals surface area contributed by atoms with Gasteiger partial charge < -0.3 is 0 Å². The Bertz CT molecular complexity index is 792. The number of benzene rings is 3. The maximum Gasteiger partial charge on any atom is 0.0505 e. The first-order valence-electron chi connectivity index (χ1n) is 5.89. The molecule has 0 aliphatic carbocycles. The van der Waals surface area contributed by atoms with E-state index in [1.807, 2.05) is 42.5 Å². The lowest BCUT2D eigenvalue weighted by Gasteiger charge is -2.11. The zero-order valence-electron chi connectivity index (χ0n) is 10.1. The Kier molecular flexibility index (Phi) is 3.83. The number of hydrogen-bond donors (Lipinski definition) is 0. The molecule has 0 spiro atoms. The first kappa shape index (κ1) is 14.0. The highest BCUT2D eigenvalue weighted by Gasteiger charge is 2.12. The fraction of sp³-hybridized carbons (Fsp3) is 0. The first-order chi connectivity index (χ1) is 9.56. The van der Waals surface area contributed by atoms with E-state index in [0.717, 1.165) is 21.9 Å². The molecule has 100 valence electrons. The maximum absolute atomic E-state index is 6.37. The van der Waals surface area contributed by atoms with Gasteiger partial charge in [0, 0.05) is 26.0 Å². The minimum absolute atomic E-state index is 0.588. The third-order valence-corrected chi connectivity index (χ3v) is 4.23. The van der Waals surface area contributed by atoms with E-state index in [1.54, 1.807) is 6.07 Å². The number of halogens is 4. The van der Waals surface area contributed by atoms with Gasteiger partial charge in [-0.3, -0.25) is 0 Å². The van der Waals surface area contributed by atoms with Gasteiger partial charge in [-0.25, -0.2) is 0 Å². The van der Waals surface area contributed by atoms with Crippen LogP contribution in [0.1, 0.15) is 0 Å². The van der Waals surface area contributed by atoms with Crippen molar-refractivity contribution in [2.24, 2.45) is 0 Å². The lowest BCUT2D eigenvalue weighted by Crippen LogP contribution is -1.85. The molecule has 0 atom stereocenters. The Balaban J connectivity index is 2.37. The summed E-state index contributed by atoms with van der Waals surface area (Å²) in [6.07, 6.45) is 0. The van der Waals surface area contributed by atoms with Crippen LogP contribution in [-0.2, 0) is 0 Å². The summed E-state index contributed by atoms with van der Waals surface area (Å²) >= 11 is 24.6. The molecule has 0 aliphatic rings. The van der Waals surface area contributed by atoms with Crippen molar-refractivity contribution in [1.29, 1.82) is 0 Å². The molecule has 3 aromatic carbocycles. The van der Waals surface area contributed by atoms with Crippen molar-refractivity contribution in [1.82, 2.24) is 0 Å². The maximum atomic E-state index is 6.37. The molecular formula is C16H8Cl4. The van der Waals surface area contributed by atoms with E-state index in [4.69, 9.17) is 46.4 Å². The van der Waals surface area contributed by atoms with Crippen LogP contribution in [0.2, 0.25) is 20.1 Å². The van der Waals surface area contributed by atoms with E-state index < -0.39 is 0 Å². The van der Waals surface area contributed by atoms with Crippen molar-refractivity contribution in [3.05, 3.63) is 68.6 Å². The van der Waals surface area contributed by atoms with Gasteiger partial charge in [0.15, 0.2) is 0 Å². The normalized spacial score (nSPS) is 11.0. The van der Waals surface area contributed by atoms with Crippen molar-refractivity contribution in [2.75, 3.05) is 0 Å². The number of rotatable bonds is 1. The van der Waals surface area contributed by atoms with Gasteiger partial charge in [0.25, 0.3) is 0 Å². The summed E-state index contributed by atoms with van der Waals surface area (Å²) in [5.41, 5.74) is 1.92. The van der Waals surface area contributed by atoms with Crippen LogP contribution in [0.4, 0.5) is 0 Å². The van der Waals surface area contributed by atoms with Crippen LogP contribution < -0.4 is 0 Å². The Morgan fingerprint density at radius 2 is 1.20 bits per heavy atom. The van der Waals surface area contributed by atoms with Crippen molar-refractivity contribution < 1.29 is 0 Å². The molecule has 4 heteroatoms. The largest absolute Gasteiger partial charge is 0.0843 e. The van der Waals surface area contributed by atoms with E-state index in [2.05, 4.69) is 0 Å². The van der Waals surface area contributed by atoms with E-state index in [0.29, 0.717) is 20.1 Å². The van der Waals surface area contributed by atoms with Crippen LogP contribution in [0.3, 0.4) is 0 Å². The summed E-state index contributed by atoms with van der Waals surface area (Å²) < 4.78 is 0. The monoisotopic (exact) mass is 340 g/mol. The Morgan fingerprint density at radius 3 is 1.90 bits per heavy atom. The highest BCUT2D eigenvalue weighted by Crippen LogP contribution is 2.40. The predicted molar refractivity (Wildman–Crippen MR) is 89.4 cm³/mol. The summed E-state index contributed by atoms with van der Waals surface area (Å²) in [7, 11) is 0.